The maximum absolute atomic E-state index is 12.9. The van der Waals surface area contributed by atoms with Crippen LogP contribution >= 0.6 is 15.9 Å². The molecule has 0 unspecified atom stereocenters. The number of rotatable bonds is 8. The van der Waals surface area contributed by atoms with Gasteiger partial charge in [-0.1, -0.05) is 31.2 Å². The van der Waals surface area contributed by atoms with Crippen molar-refractivity contribution in [2.24, 2.45) is 0 Å². The van der Waals surface area contributed by atoms with Crippen molar-refractivity contribution in [1.82, 2.24) is 4.90 Å². The van der Waals surface area contributed by atoms with E-state index in [1.54, 1.807) is 36.4 Å². The molecule has 3 rings (SSSR count). The maximum atomic E-state index is 12.9. The predicted octanol–water partition coefficient (Wildman–Crippen LogP) is 5.15. The molecule has 0 fully saturated rings. The number of carbonyl (C=O) groups is 2. The fourth-order valence-corrected chi connectivity index (χ4v) is 3.39. The molecule has 0 bridgehead atoms. The highest BCUT2D eigenvalue weighted by Gasteiger charge is 2.15. The van der Waals surface area contributed by atoms with Gasteiger partial charge >= 0.3 is 0 Å². The molecule has 0 saturated heterocycles. The van der Waals surface area contributed by atoms with E-state index < -0.39 is 0 Å². The van der Waals surface area contributed by atoms with E-state index in [0.29, 0.717) is 29.0 Å². The third kappa shape index (κ3) is 6.30. The Bertz CT molecular complexity index is 1080. The molecule has 7 heteroatoms. The SMILES string of the molecule is CCCN(Cc1ccc(C#N)cc1)C(=O)Cc1ccc(NC(=O)c2ccc(Br)o2)cc1. The number of halogens is 1. The Hall–Kier alpha value is -3.37. The number of carbonyl (C=O) groups excluding carboxylic acids is 2. The summed E-state index contributed by atoms with van der Waals surface area (Å²) in [6.45, 7) is 3.20. The number of amides is 2. The fourth-order valence-electron chi connectivity index (χ4n) is 3.09. The lowest BCUT2D eigenvalue weighted by Crippen LogP contribution is -2.32. The van der Waals surface area contributed by atoms with Gasteiger partial charge in [0.25, 0.3) is 5.91 Å². The van der Waals surface area contributed by atoms with Crippen molar-refractivity contribution in [1.29, 1.82) is 5.26 Å². The van der Waals surface area contributed by atoms with Crippen LogP contribution in [0.3, 0.4) is 0 Å². The Kier molecular flexibility index (Phi) is 7.63. The van der Waals surface area contributed by atoms with Crippen LogP contribution in [0.1, 0.15) is 40.6 Å². The number of nitrogens with one attached hydrogen (secondary N) is 1. The first-order valence-electron chi connectivity index (χ1n) is 9.91. The molecule has 6 nitrogen and oxygen atoms in total. The third-order valence-electron chi connectivity index (χ3n) is 4.67. The van der Waals surface area contributed by atoms with Crippen LogP contribution in [0.4, 0.5) is 5.69 Å². The van der Waals surface area contributed by atoms with Crippen LogP contribution in [0, 0.1) is 11.3 Å². The fraction of sp³-hybridized carbons (Fsp3) is 0.208. The molecule has 2 amide bonds. The second-order valence-electron chi connectivity index (χ2n) is 7.06. The summed E-state index contributed by atoms with van der Waals surface area (Å²) in [5.41, 5.74) is 3.08. The highest BCUT2D eigenvalue weighted by Crippen LogP contribution is 2.17. The van der Waals surface area contributed by atoms with Gasteiger partial charge in [-0.15, -0.1) is 0 Å². The Morgan fingerprint density at radius 2 is 1.71 bits per heavy atom. The zero-order valence-corrected chi connectivity index (χ0v) is 18.7. The average molecular weight is 480 g/mol. The maximum Gasteiger partial charge on any atom is 0.291 e. The Morgan fingerprint density at radius 3 is 2.29 bits per heavy atom. The highest BCUT2D eigenvalue weighted by molar-refractivity contribution is 9.10. The first kappa shape index (κ1) is 22.3. The Labute approximate surface area is 189 Å². The molecule has 0 aliphatic carbocycles. The highest BCUT2D eigenvalue weighted by atomic mass is 79.9. The van der Waals surface area contributed by atoms with E-state index in [4.69, 9.17) is 9.68 Å². The lowest BCUT2D eigenvalue weighted by atomic mass is 10.1. The predicted molar refractivity (Wildman–Crippen MR) is 121 cm³/mol. The van der Waals surface area contributed by atoms with Gasteiger partial charge < -0.3 is 14.6 Å². The van der Waals surface area contributed by atoms with E-state index in [9.17, 15) is 9.59 Å². The summed E-state index contributed by atoms with van der Waals surface area (Å²) in [6, 6.07) is 19.8. The van der Waals surface area contributed by atoms with Crippen LogP contribution in [0.15, 0.2) is 69.8 Å². The first-order valence-corrected chi connectivity index (χ1v) is 10.7. The molecule has 0 atom stereocenters. The molecule has 31 heavy (non-hydrogen) atoms. The number of furan rings is 1. The number of nitrogens with zero attached hydrogens (tertiary/aromatic N) is 2. The second-order valence-corrected chi connectivity index (χ2v) is 7.84. The summed E-state index contributed by atoms with van der Waals surface area (Å²) in [5, 5.41) is 11.7. The molecular weight excluding hydrogens is 458 g/mol. The second kappa shape index (κ2) is 10.6. The largest absolute Gasteiger partial charge is 0.444 e. The van der Waals surface area contributed by atoms with E-state index in [1.807, 2.05) is 36.1 Å². The molecule has 1 N–H and O–H groups in total. The molecule has 0 radical (unpaired) electrons. The average Bonchev–Trinajstić information content (AvgIpc) is 3.22. The van der Waals surface area contributed by atoms with E-state index in [2.05, 4.69) is 27.3 Å². The summed E-state index contributed by atoms with van der Waals surface area (Å²) >= 11 is 3.17. The third-order valence-corrected chi connectivity index (χ3v) is 5.09. The van der Waals surface area contributed by atoms with Gasteiger partial charge in [-0.2, -0.15) is 5.26 Å². The normalized spacial score (nSPS) is 10.4. The van der Waals surface area contributed by atoms with Crippen molar-refractivity contribution in [3.8, 4) is 6.07 Å². The molecule has 1 heterocycles. The van der Waals surface area contributed by atoms with Crippen LogP contribution in [0.5, 0.6) is 0 Å². The van der Waals surface area contributed by atoms with Gasteiger partial charge in [-0.25, -0.2) is 0 Å². The van der Waals surface area contributed by atoms with Crippen LogP contribution in [-0.4, -0.2) is 23.3 Å². The Balaban J connectivity index is 1.60. The van der Waals surface area contributed by atoms with E-state index >= 15 is 0 Å². The molecule has 2 aromatic carbocycles. The molecule has 158 valence electrons. The smallest absolute Gasteiger partial charge is 0.291 e. The molecule has 0 aliphatic heterocycles. The van der Waals surface area contributed by atoms with E-state index in [1.165, 1.54) is 0 Å². The number of anilines is 1. The topological polar surface area (TPSA) is 86.3 Å². The van der Waals surface area contributed by atoms with Gasteiger partial charge in [0.15, 0.2) is 10.4 Å². The van der Waals surface area contributed by atoms with Gasteiger partial charge in [0.2, 0.25) is 5.91 Å². The van der Waals surface area contributed by atoms with Crippen LogP contribution in [0.2, 0.25) is 0 Å². The summed E-state index contributed by atoms with van der Waals surface area (Å²) in [5.74, 6) is -0.0985. The van der Waals surface area contributed by atoms with Gasteiger partial charge in [-0.05, 0) is 69.9 Å². The molecule has 3 aromatic rings. The summed E-state index contributed by atoms with van der Waals surface area (Å²) < 4.78 is 5.73. The zero-order chi connectivity index (χ0) is 22.2. The number of hydrogen-bond acceptors (Lipinski definition) is 4. The minimum atomic E-state index is -0.342. The first-order chi connectivity index (χ1) is 15.0. The molecule has 0 saturated carbocycles. The number of nitriles is 1. The van der Waals surface area contributed by atoms with Crippen LogP contribution in [-0.2, 0) is 17.8 Å². The molecule has 0 spiro atoms. The monoisotopic (exact) mass is 479 g/mol. The summed E-state index contributed by atoms with van der Waals surface area (Å²) in [4.78, 5) is 26.9. The summed E-state index contributed by atoms with van der Waals surface area (Å²) in [7, 11) is 0. The minimum absolute atomic E-state index is 0.0310. The van der Waals surface area contributed by atoms with Crippen molar-refractivity contribution in [3.05, 3.63) is 87.8 Å². The lowest BCUT2D eigenvalue weighted by molar-refractivity contribution is -0.131. The number of benzene rings is 2. The van der Waals surface area contributed by atoms with Gasteiger partial charge in [-0.3, -0.25) is 9.59 Å². The number of hydrogen-bond donors (Lipinski definition) is 1. The van der Waals surface area contributed by atoms with Crippen LogP contribution < -0.4 is 5.32 Å². The van der Waals surface area contributed by atoms with Gasteiger partial charge in [0, 0.05) is 18.8 Å². The van der Waals surface area contributed by atoms with Crippen molar-refractivity contribution >= 4 is 33.4 Å². The van der Waals surface area contributed by atoms with Gasteiger partial charge in [0.1, 0.15) is 0 Å². The van der Waals surface area contributed by atoms with Crippen molar-refractivity contribution in [2.45, 2.75) is 26.3 Å². The van der Waals surface area contributed by atoms with Crippen molar-refractivity contribution in [2.75, 3.05) is 11.9 Å². The van der Waals surface area contributed by atoms with Gasteiger partial charge in [0.05, 0.1) is 18.1 Å². The van der Waals surface area contributed by atoms with Crippen molar-refractivity contribution in [3.63, 3.8) is 0 Å². The molecule has 0 aliphatic rings. The standard InChI is InChI=1S/C24H22BrN3O3/c1-2-13-28(16-19-5-3-18(15-26)4-6-19)23(29)14-17-7-9-20(10-8-17)27-24(30)21-11-12-22(25)31-21/h3-12H,2,13-14,16H2,1H3,(H,27,30). The zero-order valence-electron chi connectivity index (χ0n) is 17.1. The lowest BCUT2D eigenvalue weighted by Gasteiger charge is -2.22. The summed E-state index contributed by atoms with van der Waals surface area (Å²) in [6.07, 6.45) is 1.13. The Morgan fingerprint density at radius 1 is 1.03 bits per heavy atom. The van der Waals surface area contributed by atoms with Crippen molar-refractivity contribution < 1.29 is 14.0 Å². The quantitative estimate of drug-likeness (QED) is 0.483. The molecule has 1 aromatic heterocycles. The van der Waals surface area contributed by atoms with E-state index in [0.717, 1.165) is 17.5 Å². The van der Waals surface area contributed by atoms with E-state index in [-0.39, 0.29) is 24.0 Å². The minimum Gasteiger partial charge on any atom is -0.444 e. The molecular formula is C24H22BrN3O3. The van der Waals surface area contributed by atoms with Crippen LogP contribution in [0.25, 0.3) is 0 Å².